The Kier molecular flexibility index (Phi) is 5.29. The number of fused-ring (bicyclic) bond motifs is 1. The SMILES string of the molecule is COCCNC(C)c1nc2cccc(O)c2c(=O)n1-c1ccc(F)cc1. The molecule has 0 radical (unpaired) electrons. The standard InChI is InChI=1S/C19H20FN3O3/c1-12(21-10-11-26-2)18-22-15-4-3-5-16(24)17(15)19(25)23(18)14-8-6-13(20)7-9-14/h3-9,12,21,24H,10-11H2,1-2H3. The molecule has 0 amide bonds. The maximum atomic E-state index is 13.3. The highest BCUT2D eigenvalue weighted by atomic mass is 19.1. The molecule has 0 fully saturated rings. The lowest BCUT2D eigenvalue weighted by Crippen LogP contribution is -2.31. The van der Waals surface area contributed by atoms with Crippen LogP contribution in [0.1, 0.15) is 18.8 Å². The van der Waals surface area contributed by atoms with Crippen molar-refractivity contribution in [2.75, 3.05) is 20.3 Å². The maximum Gasteiger partial charge on any atom is 0.269 e. The average Bonchev–Trinajstić information content (AvgIpc) is 2.62. The van der Waals surface area contributed by atoms with Gasteiger partial charge in [-0.05, 0) is 43.3 Å². The summed E-state index contributed by atoms with van der Waals surface area (Å²) in [6.07, 6.45) is 0. The van der Waals surface area contributed by atoms with Gasteiger partial charge in [-0.2, -0.15) is 0 Å². The Morgan fingerprint density at radius 2 is 2.00 bits per heavy atom. The molecule has 136 valence electrons. The average molecular weight is 357 g/mol. The molecule has 0 saturated heterocycles. The van der Waals surface area contributed by atoms with Crippen molar-refractivity contribution in [3.63, 3.8) is 0 Å². The van der Waals surface area contributed by atoms with Crippen LogP contribution < -0.4 is 10.9 Å². The van der Waals surface area contributed by atoms with Crippen LogP contribution >= 0.6 is 0 Å². The van der Waals surface area contributed by atoms with Gasteiger partial charge in [-0.15, -0.1) is 0 Å². The molecule has 0 aliphatic heterocycles. The third kappa shape index (κ3) is 3.44. The number of phenols is 1. The first-order chi connectivity index (χ1) is 12.5. The fourth-order valence-electron chi connectivity index (χ4n) is 2.83. The fourth-order valence-corrected chi connectivity index (χ4v) is 2.83. The second-order valence-electron chi connectivity index (χ2n) is 5.93. The predicted octanol–water partition coefficient (Wildman–Crippen LogP) is 2.53. The van der Waals surface area contributed by atoms with Gasteiger partial charge in [-0.1, -0.05) is 6.07 Å². The van der Waals surface area contributed by atoms with Gasteiger partial charge in [-0.3, -0.25) is 9.36 Å². The molecule has 6 nitrogen and oxygen atoms in total. The lowest BCUT2D eigenvalue weighted by Gasteiger charge is -2.20. The molecule has 3 aromatic rings. The van der Waals surface area contributed by atoms with E-state index < -0.39 is 11.4 Å². The smallest absolute Gasteiger partial charge is 0.269 e. The summed E-state index contributed by atoms with van der Waals surface area (Å²) >= 11 is 0. The lowest BCUT2D eigenvalue weighted by atomic mass is 10.2. The first-order valence-electron chi connectivity index (χ1n) is 8.26. The fraction of sp³-hybridized carbons (Fsp3) is 0.263. The summed E-state index contributed by atoms with van der Waals surface area (Å²) in [7, 11) is 1.61. The molecular weight excluding hydrogens is 337 g/mol. The van der Waals surface area contributed by atoms with Gasteiger partial charge in [0.15, 0.2) is 0 Å². The molecule has 1 aromatic heterocycles. The van der Waals surface area contributed by atoms with E-state index in [1.807, 2.05) is 6.92 Å². The largest absolute Gasteiger partial charge is 0.507 e. The van der Waals surface area contributed by atoms with E-state index in [4.69, 9.17) is 4.74 Å². The Morgan fingerprint density at radius 1 is 1.27 bits per heavy atom. The van der Waals surface area contributed by atoms with Crippen molar-refractivity contribution >= 4 is 10.9 Å². The Bertz CT molecular complexity index is 970. The highest BCUT2D eigenvalue weighted by Crippen LogP contribution is 2.23. The van der Waals surface area contributed by atoms with E-state index in [0.717, 1.165) is 0 Å². The maximum absolute atomic E-state index is 13.3. The Labute approximate surface area is 149 Å². The molecule has 1 heterocycles. The number of halogens is 1. The number of aromatic nitrogens is 2. The van der Waals surface area contributed by atoms with Crippen LogP contribution in [-0.2, 0) is 4.74 Å². The van der Waals surface area contributed by atoms with E-state index in [9.17, 15) is 14.3 Å². The van der Waals surface area contributed by atoms with Crippen molar-refractivity contribution in [1.29, 1.82) is 0 Å². The van der Waals surface area contributed by atoms with Crippen molar-refractivity contribution < 1.29 is 14.2 Å². The minimum atomic E-state index is -0.407. The monoisotopic (exact) mass is 357 g/mol. The van der Waals surface area contributed by atoms with Crippen LogP contribution in [0.2, 0.25) is 0 Å². The highest BCUT2D eigenvalue weighted by molar-refractivity contribution is 5.84. The molecule has 7 heteroatoms. The number of benzene rings is 2. The summed E-state index contributed by atoms with van der Waals surface area (Å²) in [5, 5.41) is 13.5. The summed E-state index contributed by atoms with van der Waals surface area (Å²) in [5.41, 5.74) is 0.475. The number of rotatable bonds is 6. The summed E-state index contributed by atoms with van der Waals surface area (Å²) in [6.45, 7) is 2.97. The molecule has 0 bridgehead atoms. The van der Waals surface area contributed by atoms with E-state index in [2.05, 4.69) is 10.3 Å². The molecular formula is C19H20FN3O3. The zero-order valence-corrected chi connectivity index (χ0v) is 14.6. The third-order valence-corrected chi connectivity index (χ3v) is 4.13. The van der Waals surface area contributed by atoms with E-state index in [1.54, 1.807) is 19.2 Å². The number of methoxy groups -OCH3 is 1. The van der Waals surface area contributed by atoms with Crippen LogP contribution in [-0.4, -0.2) is 34.9 Å². The van der Waals surface area contributed by atoms with Gasteiger partial charge in [0.25, 0.3) is 5.56 Å². The molecule has 2 aromatic carbocycles. The van der Waals surface area contributed by atoms with Crippen molar-refractivity contribution in [1.82, 2.24) is 14.9 Å². The Morgan fingerprint density at radius 3 is 2.69 bits per heavy atom. The van der Waals surface area contributed by atoms with Gasteiger partial charge in [0, 0.05) is 13.7 Å². The van der Waals surface area contributed by atoms with Gasteiger partial charge in [0.05, 0.1) is 23.9 Å². The summed E-state index contributed by atoms with van der Waals surface area (Å²) in [4.78, 5) is 17.7. The highest BCUT2D eigenvalue weighted by Gasteiger charge is 2.19. The predicted molar refractivity (Wildman–Crippen MR) is 97.3 cm³/mol. The van der Waals surface area contributed by atoms with E-state index in [-0.39, 0.29) is 17.2 Å². The first kappa shape index (κ1) is 18.0. The van der Waals surface area contributed by atoms with Crippen LogP contribution in [0.5, 0.6) is 5.75 Å². The minimum Gasteiger partial charge on any atom is -0.507 e. The lowest BCUT2D eigenvalue weighted by molar-refractivity contribution is 0.196. The van der Waals surface area contributed by atoms with Gasteiger partial charge in [0.1, 0.15) is 22.8 Å². The van der Waals surface area contributed by atoms with E-state index in [1.165, 1.54) is 34.9 Å². The molecule has 1 unspecified atom stereocenters. The van der Waals surface area contributed by atoms with Crippen molar-refractivity contribution in [2.45, 2.75) is 13.0 Å². The van der Waals surface area contributed by atoms with Crippen molar-refractivity contribution in [3.05, 3.63) is 64.5 Å². The molecule has 0 saturated carbocycles. The van der Waals surface area contributed by atoms with E-state index in [0.29, 0.717) is 30.2 Å². The molecule has 0 aliphatic carbocycles. The van der Waals surface area contributed by atoms with Crippen molar-refractivity contribution in [3.8, 4) is 11.4 Å². The topological polar surface area (TPSA) is 76.4 Å². The number of nitrogens with one attached hydrogen (secondary N) is 1. The number of phenolic OH excluding ortho intramolecular Hbond substituents is 1. The summed E-state index contributed by atoms with van der Waals surface area (Å²) < 4.78 is 19.7. The zero-order chi connectivity index (χ0) is 18.7. The van der Waals surface area contributed by atoms with Crippen LogP contribution in [0.15, 0.2) is 47.3 Å². The second-order valence-corrected chi connectivity index (χ2v) is 5.93. The molecule has 3 rings (SSSR count). The molecule has 26 heavy (non-hydrogen) atoms. The van der Waals surface area contributed by atoms with Crippen molar-refractivity contribution in [2.24, 2.45) is 0 Å². The summed E-state index contributed by atoms with van der Waals surface area (Å²) in [5.74, 6) is -0.0653. The Balaban J connectivity index is 2.22. The quantitative estimate of drug-likeness (QED) is 0.663. The number of ether oxygens (including phenoxy) is 1. The third-order valence-electron chi connectivity index (χ3n) is 4.13. The normalized spacial score (nSPS) is 12.4. The van der Waals surface area contributed by atoms with Crippen LogP contribution in [0, 0.1) is 5.82 Å². The minimum absolute atomic E-state index is 0.129. The molecule has 0 aliphatic rings. The Hall–Kier alpha value is -2.77. The molecule has 1 atom stereocenters. The van der Waals surface area contributed by atoms with Gasteiger partial charge in [0.2, 0.25) is 0 Å². The number of nitrogens with zero attached hydrogens (tertiary/aromatic N) is 2. The first-order valence-corrected chi connectivity index (χ1v) is 8.26. The second kappa shape index (κ2) is 7.63. The van der Waals surface area contributed by atoms with Crippen LogP contribution in [0.4, 0.5) is 4.39 Å². The number of hydrogen-bond donors (Lipinski definition) is 2. The number of aromatic hydroxyl groups is 1. The number of hydrogen-bond acceptors (Lipinski definition) is 5. The molecule has 0 spiro atoms. The van der Waals surface area contributed by atoms with Gasteiger partial charge in [-0.25, -0.2) is 9.37 Å². The molecule has 2 N–H and O–H groups in total. The van der Waals surface area contributed by atoms with Gasteiger partial charge >= 0.3 is 0 Å². The van der Waals surface area contributed by atoms with Crippen LogP contribution in [0.3, 0.4) is 0 Å². The van der Waals surface area contributed by atoms with E-state index >= 15 is 0 Å². The summed E-state index contributed by atoms with van der Waals surface area (Å²) in [6, 6.07) is 10.1. The van der Waals surface area contributed by atoms with Crippen LogP contribution in [0.25, 0.3) is 16.6 Å². The zero-order valence-electron chi connectivity index (χ0n) is 14.6. The van der Waals surface area contributed by atoms with Gasteiger partial charge < -0.3 is 15.2 Å².